The highest BCUT2D eigenvalue weighted by Crippen LogP contribution is 2.44. The second-order valence-electron chi connectivity index (χ2n) is 7.08. The molecule has 0 amide bonds. The van der Waals surface area contributed by atoms with E-state index in [-0.39, 0.29) is 10.9 Å². The van der Waals surface area contributed by atoms with E-state index in [0.29, 0.717) is 21.2 Å². The highest BCUT2D eigenvalue weighted by Gasteiger charge is 2.40. The summed E-state index contributed by atoms with van der Waals surface area (Å²) in [6.07, 6.45) is -4.61. The summed E-state index contributed by atoms with van der Waals surface area (Å²) in [5.41, 5.74) is 2.12. The van der Waals surface area contributed by atoms with Gasteiger partial charge in [0.25, 0.3) is 0 Å². The first-order valence-corrected chi connectivity index (χ1v) is 10.7. The van der Waals surface area contributed by atoms with E-state index in [1.807, 2.05) is 38.1 Å². The average molecular weight is 459 g/mol. The van der Waals surface area contributed by atoms with Crippen LogP contribution in [0.4, 0.5) is 13.2 Å². The number of para-hydroxylation sites is 1. The van der Waals surface area contributed by atoms with Crippen molar-refractivity contribution in [2.24, 2.45) is 0 Å². The first-order chi connectivity index (χ1) is 14.8. The fourth-order valence-electron chi connectivity index (χ4n) is 3.45. The summed E-state index contributed by atoms with van der Waals surface area (Å²) >= 11 is 6.99. The lowest BCUT2D eigenvalue weighted by Gasteiger charge is -2.17. The van der Waals surface area contributed by atoms with Crippen molar-refractivity contribution in [3.63, 3.8) is 0 Å². The maximum absolute atomic E-state index is 14.1. The van der Waals surface area contributed by atoms with E-state index in [1.165, 1.54) is 0 Å². The lowest BCUT2D eigenvalue weighted by atomic mass is 10.1. The molecule has 0 aliphatic heterocycles. The number of halogens is 4. The fourth-order valence-corrected chi connectivity index (χ4v) is 4.59. The molecule has 0 bridgehead atoms. The molecule has 3 aromatic carbocycles. The van der Waals surface area contributed by atoms with Crippen molar-refractivity contribution < 1.29 is 13.2 Å². The zero-order chi connectivity index (χ0) is 22.2. The van der Waals surface area contributed by atoms with Gasteiger partial charge in [-0.05, 0) is 49.2 Å². The number of benzene rings is 3. The second kappa shape index (κ2) is 8.44. The van der Waals surface area contributed by atoms with Crippen LogP contribution in [-0.2, 0) is 6.18 Å². The second-order valence-corrected chi connectivity index (χ2v) is 8.58. The van der Waals surface area contributed by atoms with Gasteiger partial charge in [0.15, 0.2) is 5.69 Å². The van der Waals surface area contributed by atoms with Crippen LogP contribution < -0.4 is 0 Å². The van der Waals surface area contributed by atoms with Gasteiger partial charge in [0, 0.05) is 15.5 Å². The summed E-state index contributed by atoms with van der Waals surface area (Å²) in [6, 6.07) is 21.3. The van der Waals surface area contributed by atoms with Gasteiger partial charge in [-0.25, -0.2) is 4.98 Å². The fraction of sp³-hybridized carbons (Fsp3) is 0.125. The van der Waals surface area contributed by atoms with Crippen molar-refractivity contribution in [2.45, 2.75) is 29.9 Å². The Bertz CT molecular complexity index is 1200. The molecule has 1 heterocycles. The number of aryl methyl sites for hydroxylation is 2. The average Bonchev–Trinajstić information content (AvgIpc) is 3.10. The maximum Gasteiger partial charge on any atom is 0.436 e. The van der Waals surface area contributed by atoms with Crippen molar-refractivity contribution in [1.82, 2.24) is 9.55 Å². The standard InChI is InChI=1S/C24H18ClF3N2S/c1-15-7-6-8-16(2)20(15)30-22(17-9-4-3-5-10-17)29-21(24(26,27)28)23(30)31-19-13-11-18(25)12-14-19/h3-14H,1-2H3. The van der Waals surface area contributed by atoms with E-state index in [0.717, 1.165) is 22.9 Å². The Labute approximate surface area is 187 Å². The minimum Gasteiger partial charge on any atom is -0.286 e. The van der Waals surface area contributed by atoms with E-state index in [4.69, 9.17) is 11.6 Å². The van der Waals surface area contributed by atoms with E-state index >= 15 is 0 Å². The van der Waals surface area contributed by atoms with Gasteiger partial charge in [0.2, 0.25) is 0 Å². The third-order valence-corrected chi connectivity index (χ3v) is 6.16. The van der Waals surface area contributed by atoms with Gasteiger partial charge < -0.3 is 0 Å². The predicted molar refractivity (Wildman–Crippen MR) is 119 cm³/mol. The number of hydrogen-bond donors (Lipinski definition) is 0. The lowest BCUT2D eigenvalue weighted by molar-refractivity contribution is -0.143. The van der Waals surface area contributed by atoms with Crippen molar-refractivity contribution >= 4 is 23.4 Å². The molecule has 0 aliphatic carbocycles. The van der Waals surface area contributed by atoms with Crippen LogP contribution in [0.1, 0.15) is 16.8 Å². The largest absolute Gasteiger partial charge is 0.436 e. The summed E-state index contributed by atoms with van der Waals surface area (Å²) in [6.45, 7) is 3.78. The predicted octanol–water partition coefficient (Wildman–Crippen LogP) is 7.98. The Kier molecular flexibility index (Phi) is 5.86. The van der Waals surface area contributed by atoms with Crippen LogP contribution >= 0.6 is 23.4 Å². The molecule has 0 aliphatic rings. The van der Waals surface area contributed by atoms with E-state index in [2.05, 4.69) is 4.98 Å². The molecule has 0 fully saturated rings. The summed E-state index contributed by atoms with van der Waals surface area (Å²) in [4.78, 5) is 4.76. The Morgan fingerprint density at radius 1 is 0.839 bits per heavy atom. The Hall–Kier alpha value is -2.70. The van der Waals surface area contributed by atoms with E-state index < -0.39 is 11.9 Å². The number of rotatable bonds is 4. The molecular weight excluding hydrogens is 441 g/mol. The van der Waals surface area contributed by atoms with Crippen LogP contribution in [0.5, 0.6) is 0 Å². The number of aromatic nitrogens is 2. The van der Waals surface area contributed by atoms with E-state index in [9.17, 15) is 13.2 Å². The minimum atomic E-state index is -4.61. The maximum atomic E-state index is 14.1. The molecule has 7 heteroatoms. The van der Waals surface area contributed by atoms with Crippen LogP contribution in [0.25, 0.3) is 17.1 Å². The van der Waals surface area contributed by atoms with Gasteiger partial charge in [-0.2, -0.15) is 13.2 Å². The van der Waals surface area contributed by atoms with Crippen LogP contribution in [0.2, 0.25) is 5.02 Å². The molecule has 0 atom stereocenters. The molecule has 0 spiro atoms. The summed E-state index contributed by atoms with van der Waals surface area (Å²) in [5, 5.41) is 0.541. The van der Waals surface area contributed by atoms with Crippen molar-refractivity contribution in [3.05, 3.63) is 94.6 Å². The third kappa shape index (κ3) is 4.36. The topological polar surface area (TPSA) is 17.8 Å². The van der Waals surface area contributed by atoms with Crippen molar-refractivity contribution in [2.75, 3.05) is 0 Å². The Morgan fingerprint density at radius 3 is 2.03 bits per heavy atom. The summed E-state index contributed by atoms with van der Waals surface area (Å²) in [7, 11) is 0. The SMILES string of the molecule is Cc1cccc(C)c1-n1c(-c2ccccc2)nc(C(F)(F)F)c1Sc1ccc(Cl)cc1. The van der Waals surface area contributed by atoms with Crippen molar-refractivity contribution in [3.8, 4) is 17.1 Å². The quantitative estimate of drug-likeness (QED) is 0.308. The molecule has 2 nitrogen and oxygen atoms in total. The Balaban J connectivity index is 2.05. The van der Waals surface area contributed by atoms with Gasteiger partial charge in [-0.15, -0.1) is 0 Å². The normalized spacial score (nSPS) is 11.7. The minimum absolute atomic E-state index is 0.0195. The van der Waals surface area contributed by atoms with Gasteiger partial charge >= 0.3 is 6.18 Å². The number of hydrogen-bond acceptors (Lipinski definition) is 2. The molecule has 0 unspecified atom stereocenters. The number of nitrogens with zero attached hydrogens (tertiary/aromatic N) is 2. The third-order valence-electron chi connectivity index (χ3n) is 4.83. The first-order valence-electron chi connectivity index (χ1n) is 9.51. The van der Waals surface area contributed by atoms with Crippen LogP contribution in [0.15, 0.2) is 82.7 Å². The van der Waals surface area contributed by atoms with Crippen LogP contribution in [0.3, 0.4) is 0 Å². The Morgan fingerprint density at radius 2 is 1.45 bits per heavy atom. The molecule has 0 radical (unpaired) electrons. The molecule has 4 rings (SSSR count). The smallest absolute Gasteiger partial charge is 0.286 e. The summed E-state index contributed by atoms with van der Waals surface area (Å²) < 4.78 is 44.0. The molecule has 158 valence electrons. The molecule has 0 saturated carbocycles. The van der Waals surface area contributed by atoms with Gasteiger partial charge in [0.05, 0.1) is 5.69 Å². The lowest BCUT2D eigenvalue weighted by Crippen LogP contribution is -2.09. The number of alkyl halides is 3. The highest BCUT2D eigenvalue weighted by atomic mass is 35.5. The van der Waals surface area contributed by atoms with Crippen LogP contribution in [0, 0.1) is 13.8 Å². The zero-order valence-corrected chi connectivity index (χ0v) is 18.3. The number of imidazole rings is 1. The first kappa shape index (κ1) is 21.5. The summed E-state index contributed by atoms with van der Waals surface area (Å²) in [5.74, 6) is 0.252. The van der Waals surface area contributed by atoms with E-state index in [1.54, 1.807) is 53.1 Å². The molecule has 4 aromatic rings. The molecule has 0 saturated heterocycles. The zero-order valence-electron chi connectivity index (χ0n) is 16.7. The highest BCUT2D eigenvalue weighted by molar-refractivity contribution is 7.99. The van der Waals surface area contributed by atoms with Gasteiger partial charge in [-0.1, -0.05) is 71.9 Å². The van der Waals surface area contributed by atoms with Crippen LogP contribution in [-0.4, -0.2) is 9.55 Å². The monoisotopic (exact) mass is 458 g/mol. The van der Waals surface area contributed by atoms with Gasteiger partial charge in [-0.3, -0.25) is 4.57 Å². The molecular formula is C24H18ClF3N2S. The van der Waals surface area contributed by atoms with Gasteiger partial charge in [0.1, 0.15) is 10.9 Å². The molecule has 0 N–H and O–H groups in total. The van der Waals surface area contributed by atoms with Crippen molar-refractivity contribution in [1.29, 1.82) is 0 Å². The molecule has 1 aromatic heterocycles. The molecule has 31 heavy (non-hydrogen) atoms.